The molecule has 1 aliphatic heterocycles. The molecule has 2 nitrogen and oxygen atoms in total. The van der Waals surface area contributed by atoms with Gasteiger partial charge in [-0.15, -0.1) is 0 Å². The molecule has 0 radical (unpaired) electrons. The van der Waals surface area contributed by atoms with Crippen LogP contribution in [0.15, 0.2) is 0 Å². The van der Waals surface area contributed by atoms with Crippen molar-refractivity contribution in [2.45, 2.75) is 45.3 Å². The predicted molar refractivity (Wildman–Crippen MR) is 49.0 cm³/mol. The second kappa shape index (κ2) is 2.71. The van der Waals surface area contributed by atoms with E-state index in [1.54, 1.807) is 0 Å². The smallest absolute Gasteiger partial charge is 0.0695 e. The topological polar surface area (TPSA) is 23.5 Å². The third-order valence-corrected chi connectivity index (χ3v) is 3.18. The fraction of sp³-hybridized carbons (Fsp3) is 1.00. The van der Waals surface area contributed by atoms with Gasteiger partial charge in [0.15, 0.2) is 0 Å². The summed E-state index contributed by atoms with van der Waals surface area (Å²) < 4.78 is 0. The number of hydrogen-bond acceptors (Lipinski definition) is 2. The van der Waals surface area contributed by atoms with Crippen LogP contribution in [0.5, 0.6) is 0 Å². The molecule has 0 bridgehead atoms. The van der Waals surface area contributed by atoms with Crippen LogP contribution < -0.4 is 0 Å². The van der Waals surface area contributed by atoms with Crippen molar-refractivity contribution in [1.82, 2.24) is 4.90 Å². The quantitative estimate of drug-likeness (QED) is 0.638. The van der Waals surface area contributed by atoms with Crippen LogP contribution in [0.3, 0.4) is 0 Å². The van der Waals surface area contributed by atoms with Crippen molar-refractivity contribution < 1.29 is 5.11 Å². The average Bonchev–Trinajstić information content (AvgIpc) is 2.30. The first-order valence-corrected chi connectivity index (χ1v) is 5.01. The molecule has 2 rings (SSSR count). The molecule has 70 valence electrons. The molecule has 2 heteroatoms. The van der Waals surface area contributed by atoms with Gasteiger partial charge in [0.25, 0.3) is 0 Å². The maximum atomic E-state index is 9.65. The summed E-state index contributed by atoms with van der Waals surface area (Å²) in [5, 5.41) is 9.65. The Hall–Kier alpha value is -0.0800. The summed E-state index contributed by atoms with van der Waals surface area (Å²) >= 11 is 0. The molecule has 1 saturated carbocycles. The third kappa shape index (κ3) is 1.38. The van der Waals surface area contributed by atoms with Crippen LogP contribution in [-0.2, 0) is 0 Å². The van der Waals surface area contributed by atoms with E-state index >= 15 is 0 Å². The van der Waals surface area contributed by atoms with E-state index in [1.165, 1.54) is 25.9 Å². The summed E-state index contributed by atoms with van der Waals surface area (Å²) in [6.45, 7) is 6.94. The van der Waals surface area contributed by atoms with Gasteiger partial charge in [-0.25, -0.2) is 0 Å². The van der Waals surface area contributed by atoms with Crippen molar-refractivity contribution in [3.8, 4) is 0 Å². The van der Waals surface area contributed by atoms with E-state index in [-0.39, 0.29) is 6.10 Å². The largest absolute Gasteiger partial charge is 0.391 e. The number of aliphatic hydroxyl groups is 1. The molecule has 0 aromatic rings. The molecule has 1 N–H and O–H groups in total. The van der Waals surface area contributed by atoms with Crippen LogP contribution in [0.25, 0.3) is 0 Å². The molecule has 2 atom stereocenters. The summed E-state index contributed by atoms with van der Waals surface area (Å²) in [4.78, 5) is 2.44. The Balaban J connectivity index is 1.87. The summed E-state index contributed by atoms with van der Waals surface area (Å²) in [5.74, 6) is 0. The van der Waals surface area contributed by atoms with E-state index in [0.717, 1.165) is 6.42 Å². The Kier molecular flexibility index (Phi) is 1.92. The van der Waals surface area contributed by atoms with Crippen molar-refractivity contribution in [1.29, 1.82) is 0 Å². The first-order chi connectivity index (χ1) is 5.58. The van der Waals surface area contributed by atoms with E-state index in [4.69, 9.17) is 0 Å². The Bertz CT molecular complexity index is 171. The molecule has 0 spiro atoms. The third-order valence-electron chi connectivity index (χ3n) is 3.18. The molecule has 0 unspecified atom stereocenters. The minimum Gasteiger partial charge on any atom is -0.391 e. The van der Waals surface area contributed by atoms with Crippen LogP contribution in [0.1, 0.15) is 33.1 Å². The van der Waals surface area contributed by atoms with Gasteiger partial charge >= 0.3 is 0 Å². The molecule has 2 fully saturated rings. The van der Waals surface area contributed by atoms with Gasteiger partial charge in [-0.2, -0.15) is 0 Å². The summed E-state index contributed by atoms with van der Waals surface area (Å²) in [6, 6.07) is 0.484. The standard InChI is InChI=1S/C10H19NO/c1-10(2)6-11(7-10)8-4-3-5-9(8)12/h8-9,12H,3-7H2,1-2H3/t8-,9-/m1/s1. The lowest BCUT2D eigenvalue weighted by Gasteiger charge is -2.49. The Morgan fingerprint density at radius 2 is 1.92 bits per heavy atom. The van der Waals surface area contributed by atoms with E-state index in [2.05, 4.69) is 18.7 Å². The maximum Gasteiger partial charge on any atom is 0.0695 e. The molecule has 1 heterocycles. The lowest BCUT2D eigenvalue weighted by molar-refractivity contribution is -0.0409. The second-order valence-corrected chi connectivity index (χ2v) is 5.13. The van der Waals surface area contributed by atoms with Crippen molar-refractivity contribution in [2.75, 3.05) is 13.1 Å². The molecular weight excluding hydrogens is 150 g/mol. The van der Waals surface area contributed by atoms with Crippen LogP contribution in [0, 0.1) is 5.41 Å². The molecular formula is C10H19NO. The fourth-order valence-electron chi connectivity index (χ4n) is 2.63. The summed E-state index contributed by atoms with van der Waals surface area (Å²) in [5.41, 5.74) is 0.502. The first-order valence-electron chi connectivity index (χ1n) is 5.01. The number of nitrogens with zero attached hydrogens (tertiary/aromatic N) is 1. The number of hydrogen-bond donors (Lipinski definition) is 1. The number of aliphatic hydroxyl groups excluding tert-OH is 1. The monoisotopic (exact) mass is 169 g/mol. The minimum atomic E-state index is -0.0406. The Labute approximate surface area is 74.6 Å². The van der Waals surface area contributed by atoms with E-state index in [0.29, 0.717) is 11.5 Å². The Morgan fingerprint density at radius 3 is 2.33 bits per heavy atom. The predicted octanol–water partition coefficient (Wildman–Crippen LogP) is 1.24. The van der Waals surface area contributed by atoms with Crippen molar-refractivity contribution >= 4 is 0 Å². The van der Waals surface area contributed by atoms with E-state index in [9.17, 15) is 5.11 Å². The van der Waals surface area contributed by atoms with Gasteiger partial charge in [0, 0.05) is 19.1 Å². The van der Waals surface area contributed by atoms with Gasteiger partial charge in [0.1, 0.15) is 0 Å². The average molecular weight is 169 g/mol. The lowest BCUT2D eigenvalue weighted by atomic mass is 9.83. The highest BCUT2D eigenvalue weighted by molar-refractivity contribution is 4.96. The van der Waals surface area contributed by atoms with Gasteiger partial charge in [0.2, 0.25) is 0 Å². The molecule has 1 aliphatic carbocycles. The molecule has 0 amide bonds. The van der Waals surface area contributed by atoms with Crippen molar-refractivity contribution in [3.63, 3.8) is 0 Å². The maximum absolute atomic E-state index is 9.65. The summed E-state index contributed by atoms with van der Waals surface area (Å²) in [6.07, 6.45) is 3.39. The number of likely N-dealkylation sites (tertiary alicyclic amines) is 1. The first kappa shape index (κ1) is 8.52. The zero-order chi connectivity index (χ0) is 8.77. The second-order valence-electron chi connectivity index (χ2n) is 5.13. The minimum absolute atomic E-state index is 0.0406. The van der Waals surface area contributed by atoms with E-state index < -0.39 is 0 Å². The zero-order valence-corrected chi connectivity index (χ0v) is 8.08. The Morgan fingerprint density at radius 1 is 1.25 bits per heavy atom. The van der Waals surface area contributed by atoms with Crippen LogP contribution in [0.2, 0.25) is 0 Å². The highest BCUT2D eigenvalue weighted by Crippen LogP contribution is 2.35. The highest BCUT2D eigenvalue weighted by Gasteiger charge is 2.41. The van der Waals surface area contributed by atoms with Gasteiger partial charge in [-0.05, 0) is 24.7 Å². The molecule has 0 aromatic carbocycles. The zero-order valence-electron chi connectivity index (χ0n) is 8.08. The normalized spacial score (nSPS) is 41.2. The molecule has 1 saturated heterocycles. The SMILES string of the molecule is CC1(C)CN([C@@H]2CCC[C@H]2O)C1. The van der Waals surface area contributed by atoms with Crippen LogP contribution >= 0.6 is 0 Å². The van der Waals surface area contributed by atoms with Crippen LogP contribution in [-0.4, -0.2) is 35.2 Å². The lowest BCUT2D eigenvalue weighted by Crippen LogP contribution is -2.58. The molecule has 0 aromatic heterocycles. The fourth-order valence-corrected chi connectivity index (χ4v) is 2.63. The van der Waals surface area contributed by atoms with Crippen molar-refractivity contribution in [2.24, 2.45) is 5.41 Å². The van der Waals surface area contributed by atoms with Crippen molar-refractivity contribution in [3.05, 3.63) is 0 Å². The van der Waals surface area contributed by atoms with Gasteiger partial charge in [-0.3, -0.25) is 4.90 Å². The van der Waals surface area contributed by atoms with E-state index in [1.807, 2.05) is 0 Å². The molecule has 12 heavy (non-hydrogen) atoms. The number of rotatable bonds is 1. The highest BCUT2D eigenvalue weighted by atomic mass is 16.3. The molecule has 2 aliphatic rings. The van der Waals surface area contributed by atoms with Gasteiger partial charge in [0.05, 0.1) is 6.10 Å². The summed E-state index contributed by atoms with van der Waals surface area (Å²) in [7, 11) is 0. The van der Waals surface area contributed by atoms with Gasteiger partial charge in [-0.1, -0.05) is 13.8 Å². The van der Waals surface area contributed by atoms with Crippen LogP contribution in [0.4, 0.5) is 0 Å². The van der Waals surface area contributed by atoms with Gasteiger partial charge < -0.3 is 5.11 Å².